The smallest absolute Gasteiger partial charge is 0.348 e. The molecule has 134 valence electrons. The Hall–Kier alpha value is -1.44. The van der Waals surface area contributed by atoms with Crippen molar-refractivity contribution in [2.24, 2.45) is 0 Å². The lowest BCUT2D eigenvalue weighted by molar-refractivity contribution is -0.143. The van der Waals surface area contributed by atoms with Gasteiger partial charge in [0.15, 0.2) is 0 Å². The van der Waals surface area contributed by atoms with Crippen molar-refractivity contribution in [1.82, 2.24) is 5.32 Å². The fourth-order valence-corrected chi connectivity index (χ4v) is 2.93. The zero-order valence-electron chi connectivity index (χ0n) is 12.3. The minimum atomic E-state index is -4.99. The topological polar surface area (TPSA) is 29.1 Å². The van der Waals surface area contributed by atoms with Gasteiger partial charge in [0, 0.05) is 11.6 Å². The molecule has 24 heavy (non-hydrogen) atoms. The maximum absolute atomic E-state index is 12.8. The number of hydrogen-bond donors (Lipinski definition) is 1. The molecule has 1 fully saturated rings. The number of benzene rings is 1. The third-order valence-electron chi connectivity index (χ3n) is 3.85. The van der Waals surface area contributed by atoms with Gasteiger partial charge in [-0.2, -0.15) is 26.3 Å². The first-order valence-corrected chi connectivity index (χ1v) is 7.66. The third-order valence-corrected chi connectivity index (χ3v) is 4.37. The molecule has 1 aromatic rings. The van der Waals surface area contributed by atoms with E-state index < -0.39 is 46.4 Å². The fraction of sp³-hybridized carbons (Fsp3) is 0.533. The van der Waals surface area contributed by atoms with E-state index in [0.717, 1.165) is 12.8 Å². The molecule has 2 atom stereocenters. The summed E-state index contributed by atoms with van der Waals surface area (Å²) in [5, 5.41) is 2.04. The number of hydrogen-bond acceptors (Lipinski definition) is 1. The van der Waals surface area contributed by atoms with Gasteiger partial charge in [-0.25, -0.2) is 0 Å². The molecule has 0 aliphatic heterocycles. The molecule has 0 bridgehead atoms. The molecule has 0 heterocycles. The van der Waals surface area contributed by atoms with Crippen molar-refractivity contribution < 1.29 is 31.1 Å². The van der Waals surface area contributed by atoms with Gasteiger partial charge in [-0.3, -0.25) is 4.79 Å². The molecule has 0 saturated heterocycles. The molecule has 2 unspecified atom stereocenters. The Kier molecular flexibility index (Phi) is 5.37. The monoisotopic (exact) mass is 373 g/mol. The summed E-state index contributed by atoms with van der Waals surface area (Å²) in [6.07, 6.45) is -7.17. The van der Waals surface area contributed by atoms with E-state index in [1.54, 1.807) is 0 Å². The number of halogens is 7. The summed E-state index contributed by atoms with van der Waals surface area (Å²) in [4.78, 5) is 12.1. The number of carbonyl (C=O) groups is 1. The molecule has 2 nitrogen and oxygen atoms in total. The first-order valence-electron chi connectivity index (χ1n) is 7.23. The Balaban J connectivity index is 2.32. The molecule has 0 spiro atoms. The molecule has 0 radical (unpaired) electrons. The average Bonchev–Trinajstić information content (AvgIpc) is 2.47. The Bertz CT molecular complexity index is 581. The molecule has 0 aromatic heterocycles. The van der Waals surface area contributed by atoms with Gasteiger partial charge in [-0.1, -0.05) is 12.8 Å². The first-order chi connectivity index (χ1) is 11.0. The van der Waals surface area contributed by atoms with Gasteiger partial charge >= 0.3 is 12.4 Å². The van der Waals surface area contributed by atoms with Crippen LogP contribution in [0.25, 0.3) is 0 Å². The predicted octanol–water partition coefficient (Wildman–Crippen LogP) is 5.00. The van der Waals surface area contributed by atoms with Gasteiger partial charge in [0.2, 0.25) is 0 Å². The SMILES string of the molecule is O=C(NC1CCCCC1Cl)c1cc(C(F)(F)F)cc(C(F)(F)F)c1. The average molecular weight is 374 g/mol. The van der Waals surface area contributed by atoms with Crippen LogP contribution in [-0.2, 0) is 12.4 Å². The van der Waals surface area contributed by atoms with Gasteiger partial charge in [-0.15, -0.1) is 11.6 Å². The lowest BCUT2D eigenvalue weighted by atomic mass is 9.94. The highest BCUT2D eigenvalue weighted by Crippen LogP contribution is 2.36. The molecule has 1 aromatic carbocycles. The van der Waals surface area contributed by atoms with Gasteiger partial charge in [0.05, 0.1) is 16.5 Å². The predicted molar refractivity (Wildman–Crippen MR) is 75.8 cm³/mol. The molecule has 1 N–H and O–H groups in total. The maximum atomic E-state index is 12.8. The van der Waals surface area contributed by atoms with Crippen molar-refractivity contribution in [3.05, 3.63) is 34.9 Å². The van der Waals surface area contributed by atoms with Crippen molar-refractivity contribution in [2.75, 3.05) is 0 Å². The summed E-state index contributed by atoms with van der Waals surface area (Å²) in [7, 11) is 0. The Labute approximate surface area is 139 Å². The summed E-state index contributed by atoms with van der Waals surface area (Å²) in [5.41, 5.74) is -3.73. The highest BCUT2D eigenvalue weighted by atomic mass is 35.5. The van der Waals surface area contributed by atoms with E-state index >= 15 is 0 Å². The van der Waals surface area contributed by atoms with Gasteiger partial charge in [-0.05, 0) is 31.0 Å². The lowest BCUT2D eigenvalue weighted by Crippen LogP contribution is -2.42. The van der Waals surface area contributed by atoms with Crippen LogP contribution in [0.15, 0.2) is 18.2 Å². The quantitative estimate of drug-likeness (QED) is 0.573. The number of carbonyl (C=O) groups excluding carboxylic acids is 1. The van der Waals surface area contributed by atoms with E-state index in [-0.39, 0.29) is 6.07 Å². The summed E-state index contributed by atoms with van der Waals surface area (Å²) >= 11 is 6.05. The molecule has 1 aliphatic carbocycles. The third kappa shape index (κ3) is 4.55. The van der Waals surface area contributed by atoms with Crippen LogP contribution in [-0.4, -0.2) is 17.3 Å². The van der Waals surface area contributed by atoms with Crippen LogP contribution < -0.4 is 5.32 Å². The number of amides is 1. The minimum absolute atomic E-state index is 0.0122. The molecule has 1 saturated carbocycles. The molecular weight excluding hydrogens is 360 g/mol. The standard InChI is InChI=1S/C15H14ClF6NO/c16-11-3-1-2-4-12(11)23-13(24)8-5-9(14(17,18)19)7-10(6-8)15(20,21)22/h5-7,11-12H,1-4H2,(H,23,24). The Morgan fingerprint density at radius 1 is 0.958 bits per heavy atom. The van der Waals surface area contributed by atoms with E-state index in [2.05, 4.69) is 5.32 Å². The van der Waals surface area contributed by atoms with Gasteiger partial charge < -0.3 is 5.32 Å². The summed E-state index contributed by atoms with van der Waals surface area (Å²) < 4.78 is 76.8. The second kappa shape index (κ2) is 6.82. The normalized spacial score (nSPS) is 22.3. The second-order valence-electron chi connectivity index (χ2n) is 5.67. The van der Waals surface area contributed by atoms with Crippen molar-refractivity contribution in [3.63, 3.8) is 0 Å². The summed E-state index contributed by atoms with van der Waals surface area (Å²) in [5.74, 6) is -0.996. The molecule has 1 amide bonds. The van der Waals surface area contributed by atoms with Crippen molar-refractivity contribution in [3.8, 4) is 0 Å². The van der Waals surface area contributed by atoms with Gasteiger partial charge in [0.1, 0.15) is 0 Å². The number of nitrogens with one attached hydrogen (secondary N) is 1. The minimum Gasteiger partial charge on any atom is -0.348 e. The highest BCUT2D eigenvalue weighted by Gasteiger charge is 2.37. The van der Waals surface area contributed by atoms with Crippen LogP contribution in [0.1, 0.15) is 47.2 Å². The zero-order chi connectivity index (χ0) is 18.1. The van der Waals surface area contributed by atoms with Gasteiger partial charge in [0.25, 0.3) is 5.91 Å². The van der Waals surface area contributed by atoms with E-state index in [1.165, 1.54) is 0 Å². The lowest BCUT2D eigenvalue weighted by Gasteiger charge is -2.28. The van der Waals surface area contributed by atoms with Crippen molar-refractivity contribution in [2.45, 2.75) is 49.5 Å². The van der Waals surface area contributed by atoms with Crippen LogP contribution in [0.4, 0.5) is 26.3 Å². The van der Waals surface area contributed by atoms with Crippen LogP contribution in [0, 0.1) is 0 Å². The summed E-state index contributed by atoms with van der Waals surface area (Å²) in [6, 6.07) is 0.339. The van der Waals surface area contributed by atoms with Crippen molar-refractivity contribution >= 4 is 17.5 Å². The zero-order valence-corrected chi connectivity index (χ0v) is 13.0. The van der Waals surface area contributed by atoms with E-state index in [1.807, 2.05) is 0 Å². The van der Waals surface area contributed by atoms with Crippen LogP contribution in [0.5, 0.6) is 0 Å². The van der Waals surface area contributed by atoms with E-state index in [9.17, 15) is 31.1 Å². The number of rotatable bonds is 2. The Morgan fingerprint density at radius 2 is 1.46 bits per heavy atom. The second-order valence-corrected chi connectivity index (χ2v) is 6.24. The molecular formula is C15H14ClF6NO. The van der Waals surface area contributed by atoms with Crippen LogP contribution in [0.2, 0.25) is 0 Å². The highest BCUT2D eigenvalue weighted by molar-refractivity contribution is 6.21. The van der Waals surface area contributed by atoms with E-state index in [4.69, 9.17) is 11.6 Å². The summed E-state index contributed by atoms with van der Waals surface area (Å²) in [6.45, 7) is 0. The first kappa shape index (κ1) is 18.9. The fourth-order valence-electron chi connectivity index (χ4n) is 2.59. The molecule has 1 aliphatic rings. The van der Waals surface area contributed by atoms with Crippen LogP contribution >= 0.6 is 11.6 Å². The van der Waals surface area contributed by atoms with E-state index in [0.29, 0.717) is 25.0 Å². The number of alkyl halides is 7. The maximum Gasteiger partial charge on any atom is 0.416 e. The molecule has 2 rings (SSSR count). The largest absolute Gasteiger partial charge is 0.416 e. The van der Waals surface area contributed by atoms with Crippen molar-refractivity contribution in [1.29, 1.82) is 0 Å². The Morgan fingerprint density at radius 3 is 1.92 bits per heavy atom. The molecule has 9 heteroatoms. The van der Waals surface area contributed by atoms with Crippen LogP contribution in [0.3, 0.4) is 0 Å².